The predicted octanol–water partition coefficient (Wildman–Crippen LogP) is 2.62. The number of carbonyl (C=O) groups is 2. The molecule has 0 aliphatic heterocycles. The molecule has 9 heteroatoms. The first kappa shape index (κ1) is 18.6. The number of hydrogen-bond acceptors (Lipinski definition) is 5. The van der Waals surface area contributed by atoms with Gasteiger partial charge in [-0.15, -0.1) is 10.2 Å². The van der Waals surface area contributed by atoms with E-state index in [1.165, 1.54) is 29.1 Å². The second kappa shape index (κ2) is 8.00. The zero-order valence-corrected chi connectivity index (χ0v) is 15.1. The van der Waals surface area contributed by atoms with Crippen LogP contribution in [0.25, 0.3) is 5.69 Å². The van der Waals surface area contributed by atoms with Gasteiger partial charge in [0.15, 0.2) is 5.16 Å². The maximum Gasteiger partial charge on any atom is 0.248 e. The molecular weight excluding hydrogens is 369 g/mol. The Hall–Kier alpha value is -3.20. The summed E-state index contributed by atoms with van der Waals surface area (Å²) >= 11 is 1.15. The molecule has 2 aromatic carbocycles. The van der Waals surface area contributed by atoms with Crippen molar-refractivity contribution < 1.29 is 14.0 Å². The number of amides is 2. The third-order valence-corrected chi connectivity index (χ3v) is 4.77. The summed E-state index contributed by atoms with van der Waals surface area (Å²) in [6, 6.07) is 12.5. The van der Waals surface area contributed by atoms with Crippen LogP contribution in [-0.4, -0.2) is 31.8 Å². The number of aromatic nitrogens is 3. The van der Waals surface area contributed by atoms with Crippen molar-refractivity contribution in [3.63, 3.8) is 0 Å². The van der Waals surface area contributed by atoms with E-state index in [2.05, 4.69) is 15.5 Å². The Morgan fingerprint density at radius 3 is 2.56 bits per heavy atom. The van der Waals surface area contributed by atoms with E-state index in [0.29, 0.717) is 22.1 Å². The molecule has 7 nitrogen and oxygen atoms in total. The number of carbonyl (C=O) groups excluding carboxylic acids is 2. The molecule has 0 saturated carbocycles. The molecule has 1 aromatic heterocycles. The summed E-state index contributed by atoms with van der Waals surface area (Å²) in [4.78, 5) is 23.5. The molecule has 0 aliphatic carbocycles. The van der Waals surface area contributed by atoms with Gasteiger partial charge in [-0.1, -0.05) is 23.9 Å². The van der Waals surface area contributed by atoms with Crippen molar-refractivity contribution in [2.24, 2.45) is 5.73 Å². The van der Waals surface area contributed by atoms with Crippen LogP contribution in [0.3, 0.4) is 0 Å². The second-order valence-corrected chi connectivity index (χ2v) is 6.93. The van der Waals surface area contributed by atoms with E-state index in [4.69, 9.17) is 5.73 Å². The third-order valence-electron chi connectivity index (χ3n) is 3.72. The Labute approximate surface area is 158 Å². The molecular formula is C18H16FN5O2S. The number of halogens is 1. The van der Waals surface area contributed by atoms with Crippen molar-refractivity contribution in [3.05, 3.63) is 66.2 Å². The fourth-order valence-corrected chi connectivity index (χ4v) is 3.13. The second-order valence-electron chi connectivity index (χ2n) is 5.63. The van der Waals surface area contributed by atoms with E-state index in [-0.39, 0.29) is 5.91 Å². The van der Waals surface area contributed by atoms with Crippen molar-refractivity contribution in [2.75, 3.05) is 5.32 Å². The van der Waals surface area contributed by atoms with Crippen LogP contribution in [0.1, 0.15) is 17.3 Å². The number of anilines is 1. The lowest BCUT2D eigenvalue weighted by molar-refractivity contribution is -0.115. The first-order valence-electron chi connectivity index (χ1n) is 7.98. The average Bonchev–Trinajstić information content (AvgIpc) is 3.10. The van der Waals surface area contributed by atoms with Gasteiger partial charge in [0.1, 0.15) is 12.1 Å². The molecule has 0 fully saturated rings. The van der Waals surface area contributed by atoms with Crippen LogP contribution >= 0.6 is 11.8 Å². The van der Waals surface area contributed by atoms with Gasteiger partial charge in [-0.2, -0.15) is 0 Å². The molecule has 2 amide bonds. The fourth-order valence-electron chi connectivity index (χ4n) is 2.29. The maximum absolute atomic E-state index is 14.0. The van der Waals surface area contributed by atoms with Gasteiger partial charge < -0.3 is 11.1 Å². The van der Waals surface area contributed by atoms with Crippen molar-refractivity contribution >= 4 is 29.3 Å². The van der Waals surface area contributed by atoms with Crippen LogP contribution in [0.4, 0.5) is 10.1 Å². The molecule has 1 heterocycles. The minimum atomic E-state index is -0.538. The lowest BCUT2D eigenvalue weighted by atomic mass is 10.2. The van der Waals surface area contributed by atoms with E-state index in [1.54, 1.807) is 37.3 Å². The number of primary amides is 1. The third kappa shape index (κ3) is 4.32. The highest BCUT2D eigenvalue weighted by Gasteiger charge is 2.19. The maximum atomic E-state index is 14.0. The summed E-state index contributed by atoms with van der Waals surface area (Å²) in [5, 5.41) is 10.4. The molecule has 138 valence electrons. The number of hydrogen-bond donors (Lipinski definition) is 2. The summed E-state index contributed by atoms with van der Waals surface area (Å²) in [7, 11) is 0. The molecule has 0 unspecified atom stereocenters. The van der Waals surface area contributed by atoms with Gasteiger partial charge in [0.05, 0.1) is 10.9 Å². The lowest BCUT2D eigenvalue weighted by Crippen LogP contribution is -2.23. The first-order valence-corrected chi connectivity index (χ1v) is 8.86. The van der Waals surface area contributed by atoms with Crippen LogP contribution in [0.15, 0.2) is 60.0 Å². The smallest absolute Gasteiger partial charge is 0.248 e. The van der Waals surface area contributed by atoms with E-state index in [9.17, 15) is 14.0 Å². The predicted molar refractivity (Wildman–Crippen MR) is 100 cm³/mol. The van der Waals surface area contributed by atoms with Crippen LogP contribution in [0.5, 0.6) is 0 Å². The summed E-state index contributed by atoms with van der Waals surface area (Å²) in [6.45, 7) is 1.71. The quantitative estimate of drug-likeness (QED) is 0.635. The van der Waals surface area contributed by atoms with Crippen molar-refractivity contribution in [1.29, 1.82) is 0 Å². The number of thioether (sulfide) groups is 1. The molecule has 0 saturated heterocycles. The molecule has 3 aromatic rings. The fraction of sp³-hybridized carbons (Fsp3) is 0.111. The SMILES string of the molecule is C[C@@H](Sc1nncn1-c1ccccc1F)C(=O)Nc1ccc(C(N)=O)cc1. The molecule has 0 spiro atoms. The van der Waals surface area contributed by atoms with E-state index < -0.39 is 17.0 Å². The summed E-state index contributed by atoms with van der Waals surface area (Å²) in [5.74, 6) is -1.22. The first-order chi connectivity index (χ1) is 13.0. The number of nitrogens with two attached hydrogens (primary N) is 1. The molecule has 0 radical (unpaired) electrons. The Morgan fingerprint density at radius 1 is 1.19 bits per heavy atom. The average molecular weight is 385 g/mol. The summed E-state index contributed by atoms with van der Waals surface area (Å²) in [5.41, 5.74) is 6.39. The van der Waals surface area contributed by atoms with Crippen LogP contribution in [0.2, 0.25) is 0 Å². The molecule has 3 N–H and O–H groups in total. The highest BCUT2D eigenvalue weighted by atomic mass is 32.2. The zero-order chi connectivity index (χ0) is 19.4. The summed E-state index contributed by atoms with van der Waals surface area (Å²) in [6.07, 6.45) is 1.40. The monoisotopic (exact) mass is 385 g/mol. The van der Waals surface area contributed by atoms with Gasteiger partial charge in [-0.05, 0) is 43.3 Å². The Bertz CT molecular complexity index is 974. The van der Waals surface area contributed by atoms with E-state index in [1.807, 2.05) is 0 Å². The van der Waals surface area contributed by atoms with Crippen molar-refractivity contribution in [1.82, 2.24) is 14.8 Å². The van der Waals surface area contributed by atoms with Crippen LogP contribution in [0, 0.1) is 5.82 Å². The molecule has 1 atom stereocenters. The molecule has 27 heavy (non-hydrogen) atoms. The molecule has 0 aliphatic rings. The minimum Gasteiger partial charge on any atom is -0.366 e. The van der Waals surface area contributed by atoms with Gasteiger partial charge in [-0.3, -0.25) is 14.2 Å². The normalized spacial score (nSPS) is 11.8. The molecule has 0 bridgehead atoms. The van der Waals surface area contributed by atoms with Crippen LogP contribution in [-0.2, 0) is 4.79 Å². The van der Waals surface area contributed by atoms with Crippen LogP contribution < -0.4 is 11.1 Å². The number of para-hydroxylation sites is 1. The number of nitrogens with one attached hydrogen (secondary N) is 1. The van der Waals surface area contributed by atoms with E-state index >= 15 is 0 Å². The van der Waals surface area contributed by atoms with Gasteiger partial charge >= 0.3 is 0 Å². The summed E-state index contributed by atoms with van der Waals surface area (Å²) < 4.78 is 15.5. The zero-order valence-electron chi connectivity index (χ0n) is 14.3. The van der Waals surface area contributed by atoms with Gasteiger partial charge in [0.25, 0.3) is 0 Å². The standard InChI is InChI=1S/C18H16FN5O2S/c1-11(17(26)22-13-8-6-12(7-9-13)16(20)25)27-18-23-21-10-24(18)15-5-3-2-4-14(15)19/h2-11H,1H3,(H2,20,25)(H,22,26)/t11-/m1/s1. The minimum absolute atomic E-state index is 0.269. The lowest BCUT2D eigenvalue weighted by Gasteiger charge is -2.13. The Kier molecular flexibility index (Phi) is 5.51. The van der Waals surface area contributed by atoms with Gasteiger partial charge in [0.2, 0.25) is 11.8 Å². The molecule has 3 rings (SSSR count). The number of nitrogens with zero attached hydrogens (tertiary/aromatic N) is 3. The van der Waals surface area contributed by atoms with Gasteiger partial charge in [0, 0.05) is 11.3 Å². The largest absolute Gasteiger partial charge is 0.366 e. The number of rotatable bonds is 6. The van der Waals surface area contributed by atoms with Crippen molar-refractivity contribution in [3.8, 4) is 5.69 Å². The highest BCUT2D eigenvalue weighted by molar-refractivity contribution is 8.00. The number of benzene rings is 2. The highest BCUT2D eigenvalue weighted by Crippen LogP contribution is 2.25. The Morgan fingerprint density at radius 2 is 1.89 bits per heavy atom. The van der Waals surface area contributed by atoms with E-state index in [0.717, 1.165) is 11.8 Å². The Balaban J connectivity index is 1.70. The van der Waals surface area contributed by atoms with Gasteiger partial charge in [-0.25, -0.2) is 4.39 Å². The topological polar surface area (TPSA) is 103 Å². The van der Waals surface area contributed by atoms with Crippen molar-refractivity contribution in [2.45, 2.75) is 17.3 Å².